The molecule has 1 amide bonds. The lowest BCUT2D eigenvalue weighted by atomic mass is 10.2. The molecule has 0 fully saturated rings. The summed E-state index contributed by atoms with van der Waals surface area (Å²) in [6.45, 7) is 1.15. The molecular formula is C15H15ClF3N3O3S. The van der Waals surface area contributed by atoms with Crippen LogP contribution in [0.1, 0.15) is 23.0 Å². The van der Waals surface area contributed by atoms with Gasteiger partial charge in [0.15, 0.2) is 15.5 Å². The Bertz CT molecular complexity index is 893. The SMILES string of the molecule is CCS(=O)(=O)CCNC(=O)c1cnn(-c2ccc(Cl)cc2)c1C(F)(F)F. The zero-order valence-corrected chi connectivity index (χ0v) is 15.1. The number of hydrogen-bond acceptors (Lipinski definition) is 4. The highest BCUT2D eigenvalue weighted by Crippen LogP contribution is 2.33. The van der Waals surface area contributed by atoms with Gasteiger partial charge < -0.3 is 5.32 Å². The number of amides is 1. The van der Waals surface area contributed by atoms with Crippen LogP contribution in [0.25, 0.3) is 5.69 Å². The lowest BCUT2D eigenvalue weighted by Crippen LogP contribution is -2.31. The third-order valence-corrected chi connectivity index (χ3v) is 5.45. The van der Waals surface area contributed by atoms with Crippen molar-refractivity contribution < 1.29 is 26.4 Å². The second kappa shape index (κ2) is 7.67. The van der Waals surface area contributed by atoms with Crippen LogP contribution in [-0.2, 0) is 16.0 Å². The Labute approximate surface area is 152 Å². The molecule has 0 saturated heterocycles. The van der Waals surface area contributed by atoms with Crippen LogP contribution in [0.5, 0.6) is 0 Å². The summed E-state index contributed by atoms with van der Waals surface area (Å²) >= 11 is 5.73. The Morgan fingerprint density at radius 3 is 2.42 bits per heavy atom. The predicted molar refractivity (Wildman–Crippen MR) is 90.2 cm³/mol. The van der Waals surface area contributed by atoms with E-state index < -0.39 is 33.2 Å². The molecule has 1 aromatic heterocycles. The van der Waals surface area contributed by atoms with Gasteiger partial charge in [0, 0.05) is 17.3 Å². The molecule has 26 heavy (non-hydrogen) atoms. The molecule has 0 spiro atoms. The molecule has 0 aliphatic rings. The summed E-state index contributed by atoms with van der Waals surface area (Å²) in [6, 6.07) is 5.46. The Kier molecular flexibility index (Phi) is 5.97. The maximum absolute atomic E-state index is 13.5. The van der Waals surface area contributed by atoms with Crippen molar-refractivity contribution >= 4 is 27.3 Å². The van der Waals surface area contributed by atoms with E-state index in [-0.39, 0.29) is 23.7 Å². The fourth-order valence-electron chi connectivity index (χ4n) is 2.13. The number of aromatic nitrogens is 2. The van der Waals surface area contributed by atoms with Gasteiger partial charge >= 0.3 is 6.18 Å². The number of carbonyl (C=O) groups is 1. The molecule has 1 N–H and O–H groups in total. The number of nitrogens with zero attached hydrogens (tertiary/aromatic N) is 2. The maximum atomic E-state index is 13.5. The first-order chi connectivity index (χ1) is 12.0. The monoisotopic (exact) mass is 409 g/mol. The molecule has 1 aromatic carbocycles. The number of hydrogen-bond donors (Lipinski definition) is 1. The molecule has 0 saturated carbocycles. The third-order valence-electron chi connectivity index (χ3n) is 3.49. The highest BCUT2D eigenvalue weighted by molar-refractivity contribution is 7.91. The molecule has 0 aliphatic heterocycles. The van der Waals surface area contributed by atoms with Crippen molar-refractivity contribution in [3.63, 3.8) is 0 Å². The highest BCUT2D eigenvalue weighted by Gasteiger charge is 2.40. The van der Waals surface area contributed by atoms with E-state index in [2.05, 4.69) is 10.4 Å². The van der Waals surface area contributed by atoms with E-state index in [1.165, 1.54) is 31.2 Å². The van der Waals surface area contributed by atoms with Gasteiger partial charge in [-0.25, -0.2) is 13.1 Å². The van der Waals surface area contributed by atoms with Crippen molar-refractivity contribution in [2.24, 2.45) is 0 Å². The molecule has 142 valence electrons. The quantitative estimate of drug-likeness (QED) is 0.795. The van der Waals surface area contributed by atoms with Crippen molar-refractivity contribution in [3.05, 3.63) is 46.7 Å². The van der Waals surface area contributed by atoms with E-state index in [1.807, 2.05) is 0 Å². The summed E-state index contributed by atoms with van der Waals surface area (Å²) < 4.78 is 63.8. The van der Waals surface area contributed by atoms with Gasteiger partial charge in [0.05, 0.1) is 23.2 Å². The van der Waals surface area contributed by atoms with Gasteiger partial charge in [-0.1, -0.05) is 18.5 Å². The van der Waals surface area contributed by atoms with E-state index in [9.17, 15) is 26.4 Å². The second-order valence-electron chi connectivity index (χ2n) is 5.29. The number of alkyl halides is 3. The van der Waals surface area contributed by atoms with E-state index in [1.54, 1.807) is 0 Å². The summed E-state index contributed by atoms with van der Waals surface area (Å²) in [5.74, 6) is -1.53. The molecule has 0 radical (unpaired) electrons. The van der Waals surface area contributed by atoms with Crippen molar-refractivity contribution in [2.45, 2.75) is 13.1 Å². The fraction of sp³-hybridized carbons (Fsp3) is 0.333. The number of halogens is 4. The van der Waals surface area contributed by atoms with Crippen molar-refractivity contribution in [1.29, 1.82) is 0 Å². The Morgan fingerprint density at radius 2 is 1.88 bits per heavy atom. The summed E-state index contributed by atoms with van der Waals surface area (Å²) in [5.41, 5.74) is -1.87. The van der Waals surface area contributed by atoms with Gasteiger partial charge in [0.25, 0.3) is 5.91 Å². The van der Waals surface area contributed by atoms with Crippen LogP contribution < -0.4 is 5.32 Å². The smallest absolute Gasteiger partial charge is 0.351 e. The first kappa shape index (κ1) is 20.2. The Balaban J connectivity index is 2.32. The highest BCUT2D eigenvalue weighted by atomic mass is 35.5. The molecule has 11 heteroatoms. The van der Waals surface area contributed by atoms with E-state index >= 15 is 0 Å². The number of nitrogens with one attached hydrogen (secondary N) is 1. The van der Waals surface area contributed by atoms with Gasteiger partial charge in [-0.15, -0.1) is 0 Å². The minimum Gasteiger partial charge on any atom is -0.351 e. The molecule has 0 aliphatic carbocycles. The average Bonchev–Trinajstić information content (AvgIpc) is 3.00. The minimum atomic E-state index is -4.85. The van der Waals surface area contributed by atoms with Gasteiger partial charge in [-0.2, -0.15) is 18.3 Å². The standard InChI is InChI=1S/C15H15ClF3N3O3S/c1-2-26(24,25)8-7-20-14(23)12-9-21-22(13(12)15(17,18)19)11-5-3-10(16)4-6-11/h3-6,9H,2,7-8H2,1H3,(H,20,23). The molecule has 2 rings (SSSR count). The molecular weight excluding hydrogens is 395 g/mol. The van der Waals surface area contributed by atoms with Gasteiger partial charge in [-0.05, 0) is 24.3 Å². The number of benzene rings is 1. The van der Waals surface area contributed by atoms with E-state index in [0.717, 1.165) is 6.20 Å². The largest absolute Gasteiger partial charge is 0.434 e. The predicted octanol–water partition coefficient (Wildman–Crippen LogP) is 2.71. The van der Waals surface area contributed by atoms with Crippen LogP contribution in [0.15, 0.2) is 30.5 Å². The first-order valence-corrected chi connectivity index (χ1v) is 9.65. The van der Waals surface area contributed by atoms with Gasteiger partial charge in [0.2, 0.25) is 0 Å². The van der Waals surface area contributed by atoms with Crippen LogP contribution in [0, 0.1) is 0 Å². The number of rotatable bonds is 6. The van der Waals surface area contributed by atoms with Crippen LogP contribution in [0.2, 0.25) is 5.02 Å². The van der Waals surface area contributed by atoms with Gasteiger partial charge in [-0.3, -0.25) is 4.79 Å². The van der Waals surface area contributed by atoms with Crippen molar-refractivity contribution in [3.8, 4) is 5.69 Å². The molecule has 0 bridgehead atoms. The van der Waals surface area contributed by atoms with Crippen molar-refractivity contribution in [2.75, 3.05) is 18.1 Å². The lowest BCUT2D eigenvalue weighted by molar-refractivity contribution is -0.143. The van der Waals surface area contributed by atoms with Crippen LogP contribution in [0.4, 0.5) is 13.2 Å². The zero-order valence-electron chi connectivity index (χ0n) is 13.5. The number of carbonyl (C=O) groups excluding carboxylic acids is 1. The first-order valence-electron chi connectivity index (χ1n) is 7.45. The topological polar surface area (TPSA) is 81.1 Å². The van der Waals surface area contributed by atoms with Crippen LogP contribution in [-0.4, -0.2) is 42.2 Å². The van der Waals surface area contributed by atoms with Crippen LogP contribution >= 0.6 is 11.6 Å². The third kappa shape index (κ3) is 4.76. The van der Waals surface area contributed by atoms with Crippen molar-refractivity contribution in [1.82, 2.24) is 15.1 Å². The molecule has 1 heterocycles. The number of sulfone groups is 1. The fourth-order valence-corrected chi connectivity index (χ4v) is 2.95. The van der Waals surface area contributed by atoms with E-state index in [4.69, 9.17) is 11.6 Å². The summed E-state index contributed by atoms with van der Waals surface area (Å²) in [4.78, 5) is 12.1. The molecule has 0 unspecified atom stereocenters. The molecule has 6 nitrogen and oxygen atoms in total. The zero-order chi connectivity index (χ0) is 19.5. The molecule has 0 atom stereocenters. The lowest BCUT2D eigenvalue weighted by Gasteiger charge is -2.13. The summed E-state index contributed by atoms with van der Waals surface area (Å²) in [6.07, 6.45) is -4.06. The minimum absolute atomic E-state index is 0.0781. The normalized spacial score (nSPS) is 12.2. The summed E-state index contributed by atoms with van der Waals surface area (Å²) in [5, 5.41) is 6.17. The van der Waals surface area contributed by atoms with Crippen LogP contribution in [0.3, 0.4) is 0 Å². The summed E-state index contributed by atoms with van der Waals surface area (Å²) in [7, 11) is -3.35. The van der Waals surface area contributed by atoms with Gasteiger partial charge in [0.1, 0.15) is 0 Å². The Hall–Kier alpha value is -2.07. The maximum Gasteiger partial charge on any atom is 0.434 e. The molecule has 2 aromatic rings. The average molecular weight is 410 g/mol. The second-order valence-corrected chi connectivity index (χ2v) is 8.19. The Morgan fingerprint density at radius 1 is 1.27 bits per heavy atom. The van der Waals surface area contributed by atoms with E-state index in [0.29, 0.717) is 9.70 Å².